The molecular weight excluding hydrogens is 431 g/mol. The van der Waals surface area contributed by atoms with Crippen LogP contribution in [0.25, 0.3) is 11.3 Å². The molecule has 32 heavy (non-hydrogen) atoms. The summed E-state index contributed by atoms with van der Waals surface area (Å²) in [4.78, 5) is 24.2. The molecule has 1 N–H and O–H groups in total. The molecular formula is C22H16F3NO6. The van der Waals surface area contributed by atoms with E-state index in [0.29, 0.717) is 30.4 Å². The third-order valence-corrected chi connectivity index (χ3v) is 4.44. The fourth-order valence-electron chi connectivity index (χ4n) is 2.97. The lowest BCUT2D eigenvalue weighted by atomic mass is 10.1. The minimum absolute atomic E-state index is 0.0591. The van der Waals surface area contributed by atoms with Crippen LogP contribution < -0.4 is 14.8 Å². The number of fused-ring (bicyclic) bond motifs is 1. The van der Waals surface area contributed by atoms with Crippen molar-refractivity contribution >= 4 is 17.6 Å². The van der Waals surface area contributed by atoms with Crippen LogP contribution in [0.1, 0.15) is 16.1 Å². The van der Waals surface area contributed by atoms with Gasteiger partial charge in [-0.15, -0.1) is 0 Å². The van der Waals surface area contributed by atoms with Gasteiger partial charge in [0, 0.05) is 17.3 Å². The Morgan fingerprint density at radius 2 is 1.75 bits per heavy atom. The smallest absolute Gasteiger partial charge is 0.416 e. The monoisotopic (exact) mass is 447 g/mol. The van der Waals surface area contributed by atoms with E-state index in [-0.39, 0.29) is 17.1 Å². The van der Waals surface area contributed by atoms with Crippen LogP contribution in [0.15, 0.2) is 59.0 Å². The zero-order chi connectivity index (χ0) is 22.7. The fraction of sp³-hybridized carbons (Fsp3) is 0.182. The second-order valence-corrected chi connectivity index (χ2v) is 6.73. The number of anilines is 1. The number of esters is 1. The predicted molar refractivity (Wildman–Crippen MR) is 105 cm³/mol. The molecule has 0 aliphatic carbocycles. The topological polar surface area (TPSA) is 87.0 Å². The number of benzene rings is 2. The van der Waals surface area contributed by atoms with E-state index in [4.69, 9.17) is 18.6 Å². The highest BCUT2D eigenvalue weighted by atomic mass is 19.4. The summed E-state index contributed by atoms with van der Waals surface area (Å²) in [5, 5.41) is 2.56. The molecule has 1 aliphatic rings. The molecule has 10 heteroatoms. The van der Waals surface area contributed by atoms with Crippen molar-refractivity contribution < 1.29 is 41.4 Å². The average Bonchev–Trinajstić information content (AvgIpc) is 3.27. The number of nitrogens with one attached hydrogen (secondary N) is 1. The predicted octanol–water partition coefficient (Wildman–Crippen LogP) is 4.53. The van der Waals surface area contributed by atoms with Crippen molar-refractivity contribution in [1.82, 2.24) is 0 Å². The molecule has 0 fully saturated rings. The lowest BCUT2D eigenvalue weighted by Gasteiger charge is -2.18. The van der Waals surface area contributed by atoms with Crippen molar-refractivity contribution in [3.8, 4) is 22.8 Å². The second kappa shape index (κ2) is 8.66. The van der Waals surface area contributed by atoms with E-state index >= 15 is 0 Å². The quantitative estimate of drug-likeness (QED) is 0.579. The van der Waals surface area contributed by atoms with Gasteiger partial charge in [0.1, 0.15) is 19.0 Å². The van der Waals surface area contributed by atoms with Gasteiger partial charge in [0.25, 0.3) is 5.91 Å². The number of halogens is 3. The molecule has 4 rings (SSSR count). The normalized spacial score (nSPS) is 12.8. The highest BCUT2D eigenvalue weighted by Gasteiger charge is 2.30. The lowest BCUT2D eigenvalue weighted by Crippen LogP contribution is -2.21. The molecule has 1 aliphatic heterocycles. The maximum Gasteiger partial charge on any atom is 0.416 e. The Labute approximate surface area is 179 Å². The number of ether oxygens (including phenoxy) is 3. The highest BCUT2D eigenvalue weighted by molar-refractivity contribution is 5.95. The first-order valence-corrected chi connectivity index (χ1v) is 9.44. The van der Waals surface area contributed by atoms with Gasteiger partial charge in [0.2, 0.25) is 5.76 Å². The first-order chi connectivity index (χ1) is 15.3. The van der Waals surface area contributed by atoms with Crippen molar-refractivity contribution in [1.29, 1.82) is 0 Å². The Bertz CT molecular complexity index is 1150. The molecule has 0 unspecified atom stereocenters. The molecule has 0 bridgehead atoms. The van der Waals surface area contributed by atoms with Crippen molar-refractivity contribution in [2.24, 2.45) is 0 Å². The molecule has 1 aromatic heterocycles. The van der Waals surface area contributed by atoms with Crippen LogP contribution in [0.2, 0.25) is 0 Å². The molecule has 0 saturated heterocycles. The van der Waals surface area contributed by atoms with Gasteiger partial charge in [-0.25, -0.2) is 4.79 Å². The SMILES string of the molecule is O=C(COC(=O)c1ccc(-c2cccc(C(F)(F)F)c2)o1)Nc1ccc2c(c1)OCCO2. The third kappa shape index (κ3) is 4.85. The van der Waals surface area contributed by atoms with Crippen molar-refractivity contribution in [3.63, 3.8) is 0 Å². The first-order valence-electron chi connectivity index (χ1n) is 9.44. The number of alkyl halides is 3. The molecule has 7 nitrogen and oxygen atoms in total. The van der Waals surface area contributed by atoms with E-state index in [1.54, 1.807) is 18.2 Å². The van der Waals surface area contributed by atoms with Gasteiger partial charge in [0.05, 0.1) is 5.56 Å². The Hall–Kier alpha value is -3.95. The minimum Gasteiger partial charge on any atom is -0.486 e. The van der Waals surface area contributed by atoms with Crippen molar-refractivity contribution in [2.45, 2.75) is 6.18 Å². The third-order valence-electron chi connectivity index (χ3n) is 4.44. The summed E-state index contributed by atoms with van der Waals surface area (Å²) in [5.74, 6) is -0.660. The van der Waals surface area contributed by atoms with Gasteiger partial charge >= 0.3 is 12.1 Å². The van der Waals surface area contributed by atoms with Gasteiger partial charge in [-0.2, -0.15) is 13.2 Å². The molecule has 3 aromatic rings. The molecule has 0 spiro atoms. The lowest BCUT2D eigenvalue weighted by molar-refractivity contribution is -0.137. The standard InChI is InChI=1S/C22H16F3NO6/c23-22(24,25)14-3-1-2-13(10-14)16-6-7-18(32-16)21(28)31-12-20(27)26-15-4-5-17-19(11-15)30-9-8-29-17/h1-7,10-11H,8-9,12H2,(H,26,27). The van der Waals surface area contributed by atoms with E-state index in [9.17, 15) is 22.8 Å². The van der Waals surface area contributed by atoms with Crippen LogP contribution in [0, 0.1) is 0 Å². The van der Waals surface area contributed by atoms with Crippen LogP contribution in [0.3, 0.4) is 0 Å². The Kier molecular flexibility index (Phi) is 5.76. The van der Waals surface area contributed by atoms with E-state index < -0.39 is 30.2 Å². The van der Waals surface area contributed by atoms with Crippen molar-refractivity contribution in [3.05, 3.63) is 65.9 Å². The molecule has 2 aromatic carbocycles. The van der Waals surface area contributed by atoms with E-state index in [1.165, 1.54) is 24.3 Å². The number of carbonyl (C=O) groups excluding carboxylic acids is 2. The fourth-order valence-corrected chi connectivity index (χ4v) is 2.97. The minimum atomic E-state index is -4.51. The average molecular weight is 447 g/mol. The Morgan fingerprint density at radius 3 is 2.53 bits per heavy atom. The van der Waals surface area contributed by atoms with Crippen molar-refractivity contribution in [2.75, 3.05) is 25.1 Å². The van der Waals surface area contributed by atoms with Gasteiger partial charge < -0.3 is 23.9 Å². The summed E-state index contributed by atoms with van der Waals surface area (Å²) in [6, 6.07) is 12.0. The molecule has 1 amide bonds. The summed E-state index contributed by atoms with van der Waals surface area (Å²) in [6.45, 7) is 0.247. The molecule has 0 atom stereocenters. The number of furan rings is 1. The maximum absolute atomic E-state index is 12.9. The van der Waals surface area contributed by atoms with Crippen LogP contribution >= 0.6 is 0 Å². The number of carbonyl (C=O) groups is 2. The van der Waals surface area contributed by atoms with Gasteiger partial charge in [0.15, 0.2) is 18.1 Å². The number of hydrogen-bond acceptors (Lipinski definition) is 6. The Morgan fingerprint density at radius 1 is 0.969 bits per heavy atom. The summed E-state index contributed by atoms with van der Waals surface area (Å²) in [6.07, 6.45) is -4.51. The van der Waals surface area contributed by atoms with Crippen LogP contribution in [0.4, 0.5) is 18.9 Å². The van der Waals surface area contributed by atoms with Crippen LogP contribution in [0.5, 0.6) is 11.5 Å². The molecule has 0 saturated carbocycles. The van der Waals surface area contributed by atoms with Gasteiger partial charge in [-0.1, -0.05) is 12.1 Å². The van der Waals surface area contributed by atoms with E-state index in [1.807, 2.05) is 0 Å². The number of hydrogen-bond donors (Lipinski definition) is 1. The molecule has 166 valence electrons. The summed E-state index contributed by atoms with van der Waals surface area (Å²) in [7, 11) is 0. The summed E-state index contributed by atoms with van der Waals surface area (Å²) >= 11 is 0. The van der Waals surface area contributed by atoms with Crippen LogP contribution in [-0.4, -0.2) is 31.7 Å². The first kappa shape index (κ1) is 21.3. The second-order valence-electron chi connectivity index (χ2n) is 6.73. The zero-order valence-corrected chi connectivity index (χ0v) is 16.4. The molecule has 0 radical (unpaired) electrons. The number of rotatable bonds is 5. The maximum atomic E-state index is 12.9. The molecule has 2 heterocycles. The van der Waals surface area contributed by atoms with E-state index in [0.717, 1.165) is 12.1 Å². The largest absolute Gasteiger partial charge is 0.486 e. The Balaban J connectivity index is 1.35. The highest BCUT2D eigenvalue weighted by Crippen LogP contribution is 2.33. The zero-order valence-electron chi connectivity index (χ0n) is 16.4. The van der Waals surface area contributed by atoms with Gasteiger partial charge in [-0.3, -0.25) is 4.79 Å². The number of amides is 1. The summed E-state index contributed by atoms with van der Waals surface area (Å²) < 4.78 is 59.7. The van der Waals surface area contributed by atoms with Gasteiger partial charge in [-0.05, 0) is 36.4 Å². The van der Waals surface area contributed by atoms with Crippen LogP contribution in [-0.2, 0) is 15.7 Å². The summed E-state index contributed by atoms with van der Waals surface area (Å²) in [5.41, 5.74) is -0.262. The van der Waals surface area contributed by atoms with E-state index in [2.05, 4.69) is 5.32 Å².